The summed E-state index contributed by atoms with van der Waals surface area (Å²) in [7, 11) is 1.92. The van der Waals surface area contributed by atoms with E-state index < -0.39 is 0 Å². The fourth-order valence-corrected chi connectivity index (χ4v) is 2.02. The smallest absolute Gasteiger partial charge is 0.123 e. The zero-order valence-corrected chi connectivity index (χ0v) is 10.5. The molecular weight excluding hydrogens is 231 g/mol. The molecule has 18 heavy (non-hydrogen) atoms. The predicted molar refractivity (Wildman–Crippen MR) is 68.1 cm³/mol. The molecule has 0 aliphatic rings. The van der Waals surface area contributed by atoms with E-state index in [9.17, 15) is 4.39 Å². The lowest BCUT2D eigenvalue weighted by molar-refractivity contribution is 0.522. The average molecular weight is 248 g/mol. The molecule has 5 heteroatoms. The van der Waals surface area contributed by atoms with Gasteiger partial charge in [-0.15, -0.1) is 0 Å². The van der Waals surface area contributed by atoms with Crippen molar-refractivity contribution in [2.45, 2.75) is 19.4 Å². The van der Waals surface area contributed by atoms with E-state index in [1.807, 2.05) is 24.7 Å². The van der Waals surface area contributed by atoms with Crippen LogP contribution in [0.1, 0.15) is 23.0 Å². The number of nitrogens with one attached hydrogen (secondary N) is 1. The van der Waals surface area contributed by atoms with E-state index in [0.29, 0.717) is 6.42 Å². The summed E-state index contributed by atoms with van der Waals surface area (Å²) >= 11 is 0. The van der Waals surface area contributed by atoms with Crippen molar-refractivity contribution in [1.29, 1.82) is 0 Å². The molecular formula is C13H17FN4. The van der Waals surface area contributed by atoms with E-state index in [0.717, 1.165) is 17.0 Å². The molecule has 2 rings (SSSR count). The van der Waals surface area contributed by atoms with Gasteiger partial charge in [0.1, 0.15) is 11.6 Å². The Kier molecular flexibility index (Phi) is 3.74. The zero-order chi connectivity index (χ0) is 13.1. The normalized spacial score (nSPS) is 12.7. The van der Waals surface area contributed by atoms with Crippen molar-refractivity contribution in [3.05, 3.63) is 53.4 Å². The van der Waals surface area contributed by atoms with E-state index >= 15 is 0 Å². The molecule has 3 N–H and O–H groups in total. The number of imidazole rings is 1. The third kappa shape index (κ3) is 2.57. The molecule has 0 saturated heterocycles. The number of nitrogens with two attached hydrogens (primary N) is 1. The van der Waals surface area contributed by atoms with Crippen molar-refractivity contribution in [2.75, 3.05) is 0 Å². The van der Waals surface area contributed by atoms with Gasteiger partial charge in [-0.25, -0.2) is 9.37 Å². The lowest BCUT2D eigenvalue weighted by atomic mass is 9.99. The van der Waals surface area contributed by atoms with Gasteiger partial charge < -0.3 is 4.57 Å². The SMILES string of the molecule is Cc1ccc(F)cc1C(Cc1nccn1C)NN. The molecule has 1 atom stereocenters. The molecule has 0 aliphatic heterocycles. The molecule has 0 amide bonds. The number of halogens is 1. The Morgan fingerprint density at radius 3 is 2.89 bits per heavy atom. The molecule has 0 radical (unpaired) electrons. The summed E-state index contributed by atoms with van der Waals surface area (Å²) in [5.41, 5.74) is 4.60. The summed E-state index contributed by atoms with van der Waals surface area (Å²) < 4.78 is 15.2. The van der Waals surface area contributed by atoms with Crippen LogP contribution in [0, 0.1) is 12.7 Å². The molecule has 96 valence electrons. The fraction of sp³-hybridized carbons (Fsp3) is 0.308. The predicted octanol–water partition coefficient (Wildman–Crippen LogP) is 1.61. The standard InChI is InChI=1S/C13H17FN4/c1-9-3-4-10(14)7-11(9)12(17-15)8-13-16-5-6-18(13)2/h3-7,12,17H,8,15H2,1-2H3. The van der Waals surface area contributed by atoms with Crippen molar-refractivity contribution in [3.63, 3.8) is 0 Å². The van der Waals surface area contributed by atoms with Crippen LogP contribution in [0.2, 0.25) is 0 Å². The molecule has 2 aromatic rings. The van der Waals surface area contributed by atoms with Crippen molar-refractivity contribution in [2.24, 2.45) is 12.9 Å². The zero-order valence-electron chi connectivity index (χ0n) is 10.5. The highest BCUT2D eigenvalue weighted by molar-refractivity contribution is 5.30. The Morgan fingerprint density at radius 2 is 2.28 bits per heavy atom. The van der Waals surface area contributed by atoms with Gasteiger partial charge in [0.15, 0.2) is 0 Å². The molecule has 0 spiro atoms. The highest BCUT2D eigenvalue weighted by atomic mass is 19.1. The van der Waals surface area contributed by atoms with Crippen molar-refractivity contribution in [1.82, 2.24) is 15.0 Å². The van der Waals surface area contributed by atoms with Crippen LogP contribution in [0.3, 0.4) is 0 Å². The van der Waals surface area contributed by atoms with Gasteiger partial charge in [0.25, 0.3) is 0 Å². The molecule has 4 nitrogen and oxygen atoms in total. The second-order valence-corrected chi connectivity index (χ2v) is 4.38. The van der Waals surface area contributed by atoms with E-state index in [1.54, 1.807) is 12.3 Å². The number of benzene rings is 1. The summed E-state index contributed by atoms with van der Waals surface area (Å²) in [5.74, 6) is 6.23. The second-order valence-electron chi connectivity index (χ2n) is 4.38. The summed E-state index contributed by atoms with van der Waals surface area (Å²) in [6.07, 6.45) is 4.23. The monoisotopic (exact) mass is 248 g/mol. The number of aryl methyl sites for hydroxylation is 2. The fourth-order valence-electron chi connectivity index (χ4n) is 2.02. The van der Waals surface area contributed by atoms with Crippen LogP contribution < -0.4 is 11.3 Å². The van der Waals surface area contributed by atoms with E-state index in [2.05, 4.69) is 10.4 Å². The van der Waals surface area contributed by atoms with Gasteiger partial charge in [0.2, 0.25) is 0 Å². The first-order valence-corrected chi connectivity index (χ1v) is 5.80. The van der Waals surface area contributed by atoms with E-state index in [-0.39, 0.29) is 11.9 Å². The van der Waals surface area contributed by atoms with E-state index in [4.69, 9.17) is 5.84 Å². The van der Waals surface area contributed by atoms with Gasteiger partial charge in [-0.1, -0.05) is 6.07 Å². The first-order chi connectivity index (χ1) is 8.61. The number of rotatable bonds is 4. The minimum absolute atomic E-state index is 0.151. The average Bonchev–Trinajstić information content (AvgIpc) is 2.75. The van der Waals surface area contributed by atoms with Gasteiger partial charge in [0.05, 0.1) is 6.04 Å². The molecule has 1 unspecified atom stereocenters. The van der Waals surface area contributed by atoms with Crippen molar-refractivity contribution >= 4 is 0 Å². The van der Waals surface area contributed by atoms with Crippen LogP contribution in [-0.4, -0.2) is 9.55 Å². The highest BCUT2D eigenvalue weighted by Gasteiger charge is 2.15. The van der Waals surface area contributed by atoms with E-state index in [1.165, 1.54) is 12.1 Å². The summed E-state index contributed by atoms with van der Waals surface area (Å²) in [6.45, 7) is 1.94. The Balaban J connectivity index is 2.28. The largest absolute Gasteiger partial charge is 0.338 e. The first kappa shape index (κ1) is 12.7. The summed E-state index contributed by atoms with van der Waals surface area (Å²) in [5, 5.41) is 0. The number of aromatic nitrogens is 2. The number of hydrogen-bond donors (Lipinski definition) is 2. The molecule has 1 aromatic heterocycles. The quantitative estimate of drug-likeness (QED) is 0.638. The molecule has 0 bridgehead atoms. The lowest BCUT2D eigenvalue weighted by Gasteiger charge is -2.18. The van der Waals surface area contributed by atoms with Gasteiger partial charge in [-0.2, -0.15) is 0 Å². The molecule has 0 fully saturated rings. The van der Waals surface area contributed by atoms with Gasteiger partial charge in [-0.05, 0) is 30.2 Å². The lowest BCUT2D eigenvalue weighted by Crippen LogP contribution is -2.31. The first-order valence-electron chi connectivity index (χ1n) is 5.80. The Bertz CT molecular complexity index is 536. The van der Waals surface area contributed by atoms with Crippen LogP contribution in [0.4, 0.5) is 4.39 Å². The summed E-state index contributed by atoms with van der Waals surface area (Å²) in [4.78, 5) is 4.25. The number of hydrogen-bond acceptors (Lipinski definition) is 3. The maximum absolute atomic E-state index is 13.3. The Morgan fingerprint density at radius 1 is 1.50 bits per heavy atom. The molecule has 1 aromatic carbocycles. The van der Waals surface area contributed by atoms with Gasteiger partial charge in [0, 0.05) is 25.9 Å². The van der Waals surface area contributed by atoms with Gasteiger partial charge >= 0.3 is 0 Å². The third-order valence-corrected chi connectivity index (χ3v) is 3.13. The van der Waals surface area contributed by atoms with Crippen LogP contribution in [0.25, 0.3) is 0 Å². The Hall–Kier alpha value is -1.72. The topological polar surface area (TPSA) is 55.9 Å². The minimum Gasteiger partial charge on any atom is -0.338 e. The molecule has 1 heterocycles. The van der Waals surface area contributed by atoms with Crippen LogP contribution in [0.5, 0.6) is 0 Å². The van der Waals surface area contributed by atoms with Crippen LogP contribution in [-0.2, 0) is 13.5 Å². The molecule has 0 saturated carbocycles. The van der Waals surface area contributed by atoms with Crippen LogP contribution in [0.15, 0.2) is 30.6 Å². The maximum Gasteiger partial charge on any atom is 0.123 e. The van der Waals surface area contributed by atoms with Gasteiger partial charge in [-0.3, -0.25) is 11.3 Å². The van der Waals surface area contributed by atoms with Crippen LogP contribution >= 0.6 is 0 Å². The summed E-state index contributed by atoms with van der Waals surface area (Å²) in [6, 6.07) is 4.57. The number of hydrazine groups is 1. The second kappa shape index (κ2) is 5.29. The van der Waals surface area contributed by atoms with Crippen molar-refractivity contribution in [3.8, 4) is 0 Å². The third-order valence-electron chi connectivity index (χ3n) is 3.13. The Labute approximate surface area is 106 Å². The molecule has 0 aliphatic carbocycles. The number of nitrogens with zero attached hydrogens (tertiary/aromatic N) is 2. The minimum atomic E-state index is -0.254. The maximum atomic E-state index is 13.3. The van der Waals surface area contributed by atoms with Crippen molar-refractivity contribution < 1.29 is 4.39 Å². The highest BCUT2D eigenvalue weighted by Crippen LogP contribution is 2.21.